The molecule has 0 saturated carbocycles. The number of halogens is 1. The van der Waals surface area contributed by atoms with Gasteiger partial charge >= 0.3 is 0 Å². The second-order valence-corrected chi connectivity index (χ2v) is 4.23. The molecule has 0 amide bonds. The van der Waals surface area contributed by atoms with Crippen molar-refractivity contribution in [3.05, 3.63) is 47.1 Å². The lowest BCUT2D eigenvalue weighted by atomic mass is 10.1. The molecule has 4 nitrogen and oxygen atoms in total. The molecule has 5 heteroatoms. The second kappa shape index (κ2) is 5.18. The number of aryl methyl sites for hydroxylation is 1. The molecule has 1 aromatic heterocycles. The fourth-order valence-corrected chi connectivity index (χ4v) is 1.74. The molecule has 2 aromatic rings. The molecule has 0 bridgehead atoms. The van der Waals surface area contributed by atoms with Crippen molar-refractivity contribution < 1.29 is 14.0 Å². The smallest absolute Gasteiger partial charge is 0.133 e. The quantitative estimate of drug-likeness (QED) is 0.875. The predicted molar refractivity (Wildman–Crippen MR) is 64.6 cm³/mol. The van der Waals surface area contributed by atoms with Crippen molar-refractivity contribution in [1.29, 1.82) is 0 Å². The summed E-state index contributed by atoms with van der Waals surface area (Å²) in [6.07, 6.45) is 0. The van der Waals surface area contributed by atoms with E-state index in [-0.39, 0.29) is 17.6 Å². The number of phenols is 1. The molecule has 0 aliphatic carbocycles. The van der Waals surface area contributed by atoms with Gasteiger partial charge in [0.05, 0.1) is 5.69 Å². The lowest BCUT2D eigenvalue weighted by Crippen LogP contribution is -2.18. The Morgan fingerprint density at radius 3 is 2.89 bits per heavy atom. The van der Waals surface area contributed by atoms with Gasteiger partial charge in [-0.3, -0.25) is 0 Å². The zero-order valence-electron chi connectivity index (χ0n) is 10.3. The molecular weight excluding hydrogens is 235 g/mol. The molecule has 2 rings (SSSR count). The van der Waals surface area contributed by atoms with Crippen LogP contribution in [0.3, 0.4) is 0 Å². The zero-order chi connectivity index (χ0) is 13.1. The standard InChI is InChI=1S/C13H15FN2O2/c1-8-5-11(16-18-8)7-15-9(2)12-6-10(14)3-4-13(12)17/h3-6,9,15,17H,7H2,1-2H3. The summed E-state index contributed by atoms with van der Waals surface area (Å²) in [4.78, 5) is 0. The first-order chi connectivity index (χ1) is 8.56. The molecule has 0 radical (unpaired) electrons. The molecular formula is C13H15FN2O2. The Bertz CT molecular complexity index is 540. The van der Waals surface area contributed by atoms with E-state index in [0.29, 0.717) is 12.1 Å². The summed E-state index contributed by atoms with van der Waals surface area (Å²) in [5.41, 5.74) is 1.30. The lowest BCUT2D eigenvalue weighted by molar-refractivity contribution is 0.385. The van der Waals surface area contributed by atoms with Gasteiger partial charge in [-0.05, 0) is 32.0 Å². The lowest BCUT2D eigenvalue weighted by Gasteiger charge is -2.14. The van der Waals surface area contributed by atoms with Crippen LogP contribution < -0.4 is 5.32 Å². The summed E-state index contributed by atoms with van der Waals surface area (Å²) in [5.74, 6) is 0.453. The van der Waals surface area contributed by atoms with Gasteiger partial charge in [0.2, 0.25) is 0 Å². The highest BCUT2D eigenvalue weighted by atomic mass is 19.1. The average molecular weight is 250 g/mol. The van der Waals surface area contributed by atoms with Crippen molar-refractivity contribution in [2.75, 3.05) is 0 Å². The number of nitrogens with zero attached hydrogens (tertiary/aromatic N) is 1. The number of hydrogen-bond donors (Lipinski definition) is 2. The van der Waals surface area contributed by atoms with Gasteiger partial charge in [-0.1, -0.05) is 5.16 Å². The van der Waals surface area contributed by atoms with E-state index in [4.69, 9.17) is 4.52 Å². The van der Waals surface area contributed by atoms with Crippen LogP contribution in [0, 0.1) is 12.7 Å². The van der Waals surface area contributed by atoms with Crippen LogP contribution in [0.4, 0.5) is 4.39 Å². The van der Waals surface area contributed by atoms with Crippen molar-refractivity contribution in [2.24, 2.45) is 0 Å². The largest absolute Gasteiger partial charge is 0.508 e. The van der Waals surface area contributed by atoms with E-state index < -0.39 is 0 Å². The summed E-state index contributed by atoms with van der Waals surface area (Å²) < 4.78 is 18.1. The van der Waals surface area contributed by atoms with E-state index in [9.17, 15) is 9.50 Å². The Labute approximate surface area is 104 Å². The highest BCUT2D eigenvalue weighted by Crippen LogP contribution is 2.24. The van der Waals surface area contributed by atoms with Gasteiger partial charge in [0.25, 0.3) is 0 Å². The van der Waals surface area contributed by atoms with Crippen molar-refractivity contribution in [3.63, 3.8) is 0 Å². The molecule has 2 N–H and O–H groups in total. The number of hydrogen-bond acceptors (Lipinski definition) is 4. The van der Waals surface area contributed by atoms with Crippen LogP contribution in [0.2, 0.25) is 0 Å². The molecule has 96 valence electrons. The topological polar surface area (TPSA) is 58.3 Å². The fourth-order valence-electron chi connectivity index (χ4n) is 1.74. The van der Waals surface area contributed by atoms with Gasteiger partial charge in [-0.2, -0.15) is 0 Å². The van der Waals surface area contributed by atoms with E-state index in [1.165, 1.54) is 18.2 Å². The van der Waals surface area contributed by atoms with Crippen molar-refractivity contribution >= 4 is 0 Å². The third-order valence-corrected chi connectivity index (χ3v) is 2.72. The Morgan fingerprint density at radius 2 is 2.22 bits per heavy atom. The van der Waals surface area contributed by atoms with Gasteiger partial charge in [0.1, 0.15) is 17.3 Å². The molecule has 0 fully saturated rings. The third-order valence-electron chi connectivity index (χ3n) is 2.72. The highest BCUT2D eigenvalue weighted by molar-refractivity contribution is 5.34. The average Bonchev–Trinajstić information content (AvgIpc) is 2.75. The number of nitrogens with one attached hydrogen (secondary N) is 1. The summed E-state index contributed by atoms with van der Waals surface area (Å²) in [6, 6.07) is 5.54. The highest BCUT2D eigenvalue weighted by Gasteiger charge is 2.11. The monoisotopic (exact) mass is 250 g/mol. The molecule has 0 saturated heterocycles. The minimum Gasteiger partial charge on any atom is -0.508 e. The summed E-state index contributed by atoms with van der Waals surface area (Å²) in [5, 5.41) is 16.7. The van der Waals surface area contributed by atoms with Gasteiger partial charge in [0, 0.05) is 24.2 Å². The molecule has 0 aliphatic heterocycles. The van der Waals surface area contributed by atoms with Crippen LogP contribution >= 0.6 is 0 Å². The van der Waals surface area contributed by atoms with E-state index in [2.05, 4.69) is 10.5 Å². The van der Waals surface area contributed by atoms with Crippen LogP contribution in [-0.4, -0.2) is 10.3 Å². The molecule has 0 aliphatic rings. The molecule has 0 spiro atoms. The van der Waals surface area contributed by atoms with Crippen LogP contribution in [-0.2, 0) is 6.54 Å². The molecule has 18 heavy (non-hydrogen) atoms. The maximum atomic E-state index is 13.1. The minimum absolute atomic E-state index is 0.0766. The van der Waals surface area contributed by atoms with Crippen molar-refractivity contribution in [2.45, 2.75) is 26.4 Å². The van der Waals surface area contributed by atoms with Gasteiger partial charge in [0.15, 0.2) is 0 Å². The van der Waals surface area contributed by atoms with Crippen molar-refractivity contribution in [3.8, 4) is 5.75 Å². The van der Waals surface area contributed by atoms with Crippen molar-refractivity contribution in [1.82, 2.24) is 10.5 Å². The maximum absolute atomic E-state index is 13.1. The van der Waals surface area contributed by atoms with E-state index in [1.54, 1.807) is 0 Å². The van der Waals surface area contributed by atoms with E-state index >= 15 is 0 Å². The number of phenolic OH excluding ortho intramolecular Hbond substituents is 1. The van der Waals surface area contributed by atoms with Crippen LogP contribution in [0.5, 0.6) is 5.75 Å². The minimum atomic E-state index is -0.367. The Morgan fingerprint density at radius 1 is 1.44 bits per heavy atom. The molecule has 1 atom stereocenters. The first-order valence-electron chi connectivity index (χ1n) is 5.70. The number of benzene rings is 1. The maximum Gasteiger partial charge on any atom is 0.133 e. The van der Waals surface area contributed by atoms with Gasteiger partial charge in [-0.25, -0.2) is 4.39 Å². The summed E-state index contributed by atoms with van der Waals surface area (Å²) >= 11 is 0. The van der Waals surface area contributed by atoms with Crippen LogP contribution in [0.15, 0.2) is 28.8 Å². The first-order valence-corrected chi connectivity index (χ1v) is 5.70. The second-order valence-electron chi connectivity index (χ2n) is 4.23. The number of rotatable bonds is 4. The normalized spacial score (nSPS) is 12.6. The first kappa shape index (κ1) is 12.6. The van der Waals surface area contributed by atoms with Gasteiger partial charge in [-0.15, -0.1) is 0 Å². The van der Waals surface area contributed by atoms with Crippen LogP contribution in [0.1, 0.15) is 30.0 Å². The molecule has 1 aromatic carbocycles. The van der Waals surface area contributed by atoms with Gasteiger partial charge < -0.3 is 14.9 Å². The SMILES string of the molecule is Cc1cc(CNC(C)c2cc(F)ccc2O)no1. The predicted octanol–water partition coefficient (Wildman–Crippen LogP) is 2.68. The number of aromatic hydroxyl groups is 1. The van der Waals surface area contributed by atoms with Crippen LogP contribution in [0.25, 0.3) is 0 Å². The fraction of sp³-hybridized carbons (Fsp3) is 0.308. The summed E-state index contributed by atoms with van der Waals surface area (Å²) in [7, 11) is 0. The summed E-state index contributed by atoms with van der Waals surface area (Å²) in [6.45, 7) is 4.16. The van der Waals surface area contributed by atoms with E-state index in [1.807, 2.05) is 19.9 Å². The number of aromatic nitrogens is 1. The Kier molecular flexibility index (Phi) is 3.62. The zero-order valence-corrected chi connectivity index (χ0v) is 10.3. The Hall–Kier alpha value is -1.88. The molecule has 1 heterocycles. The molecule has 1 unspecified atom stereocenters. The Balaban J connectivity index is 2.03. The van der Waals surface area contributed by atoms with E-state index in [0.717, 1.165) is 11.5 Å². The third kappa shape index (κ3) is 2.87.